The summed E-state index contributed by atoms with van der Waals surface area (Å²) in [5, 5.41) is 2.53. The number of sulfonamides is 1. The molecule has 12 heteroatoms. The van der Waals surface area contributed by atoms with Crippen LogP contribution in [0.5, 0.6) is 0 Å². The van der Waals surface area contributed by atoms with Crippen molar-refractivity contribution >= 4 is 40.7 Å². The summed E-state index contributed by atoms with van der Waals surface area (Å²) in [6, 6.07) is 2.10. The second-order valence-corrected chi connectivity index (χ2v) is 7.85. The lowest BCUT2D eigenvalue weighted by atomic mass is 10.1. The van der Waals surface area contributed by atoms with Crippen LogP contribution in [0.4, 0.5) is 8.78 Å². The third-order valence-electron chi connectivity index (χ3n) is 4.23. The molecule has 0 bridgehead atoms. The number of rotatable bonds is 3. The van der Waals surface area contributed by atoms with Gasteiger partial charge in [-0.15, -0.1) is 24.8 Å². The first kappa shape index (κ1) is 23.0. The van der Waals surface area contributed by atoms with Gasteiger partial charge in [0.15, 0.2) is 0 Å². The molecule has 1 aromatic rings. The number of pyridine rings is 1. The molecule has 0 radical (unpaired) electrons. The Hall–Kier alpha value is -1.07. The molecule has 1 unspecified atom stereocenters. The molecule has 0 saturated carbocycles. The zero-order valence-corrected chi connectivity index (χ0v) is 16.1. The fourth-order valence-electron chi connectivity index (χ4n) is 2.91. The van der Waals surface area contributed by atoms with Crippen LogP contribution in [0.25, 0.3) is 0 Å². The molecule has 2 saturated heterocycles. The Morgan fingerprint density at radius 2 is 1.88 bits per heavy atom. The normalized spacial score (nSPS) is 23.0. The van der Waals surface area contributed by atoms with Crippen molar-refractivity contribution in [3.63, 3.8) is 0 Å². The average molecular weight is 433 g/mol. The van der Waals surface area contributed by atoms with E-state index in [1.165, 1.54) is 27.7 Å². The largest absolute Gasteiger partial charge is 0.339 e. The van der Waals surface area contributed by atoms with Gasteiger partial charge in [0.2, 0.25) is 15.9 Å². The lowest BCUT2D eigenvalue weighted by molar-refractivity contribution is -0.134. The molecule has 2 aliphatic heterocycles. The molecule has 0 aliphatic carbocycles. The molecule has 1 atom stereocenters. The van der Waals surface area contributed by atoms with E-state index in [0.717, 1.165) is 0 Å². The highest BCUT2D eigenvalue weighted by Gasteiger charge is 2.44. The Bertz CT molecular complexity index is 716. The summed E-state index contributed by atoms with van der Waals surface area (Å²) in [5.74, 6) is -3.27. The zero-order chi connectivity index (χ0) is 17.4. The average Bonchev–Trinajstić information content (AvgIpc) is 2.95. The van der Waals surface area contributed by atoms with E-state index < -0.39 is 40.9 Å². The maximum atomic E-state index is 13.2. The van der Waals surface area contributed by atoms with Crippen LogP contribution >= 0.6 is 24.8 Å². The molecule has 3 heterocycles. The van der Waals surface area contributed by atoms with Crippen LogP contribution in [0.15, 0.2) is 29.4 Å². The monoisotopic (exact) mass is 432 g/mol. The number of amides is 1. The van der Waals surface area contributed by atoms with E-state index >= 15 is 0 Å². The van der Waals surface area contributed by atoms with Crippen LogP contribution < -0.4 is 5.32 Å². The zero-order valence-electron chi connectivity index (χ0n) is 13.7. The van der Waals surface area contributed by atoms with E-state index in [2.05, 4.69) is 10.3 Å². The topological polar surface area (TPSA) is 82.6 Å². The first-order chi connectivity index (χ1) is 11.3. The SMILES string of the molecule is Cl.Cl.O=C(C1CC(F)(F)CN1)N1CCN(S(=O)(=O)c2cccnc2)CC1. The number of hydrogen-bond donors (Lipinski definition) is 1. The number of aromatic nitrogens is 1. The number of nitrogens with one attached hydrogen (secondary N) is 1. The fourth-order valence-corrected chi connectivity index (χ4v) is 4.29. The van der Waals surface area contributed by atoms with E-state index in [4.69, 9.17) is 0 Å². The quantitative estimate of drug-likeness (QED) is 0.761. The standard InChI is InChI=1S/C14H18F2N4O3S.2ClH/c15-14(16)8-12(18-10-14)13(21)19-4-6-20(7-5-19)24(22,23)11-2-1-3-17-9-11;;/h1-3,9,12,18H,4-8,10H2;2*1H. The van der Waals surface area contributed by atoms with Gasteiger partial charge in [0.05, 0.1) is 12.6 Å². The third kappa shape index (κ3) is 4.80. The predicted molar refractivity (Wildman–Crippen MR) is 95.4 cm³/mol. The smallest absolute Gasteiger partial charge is 0.262 e. The van der Waals surface area contributed by atoms with Gasteiger partial charge >= 0.3 is 0 Å². The van der Waals surface area contributed by atoms with Crippen LogP contribution in [0.2, 0.25) is 0 Å². The molecule has 2 fully saturated rings. The first-order valence-electron chi connectivity index (χ1n) is 7.60. The highest BCUT2D eigenvalue weighted by Crippen LogP contribution is 2.26. The van der Waals surface area contributed by atoms with Crippen molar-refractivity contribution in [2.24, 2.45) is 0 Å². The molecular weight excluding hydrogens is 413 g/mol. The van der Waals surface area contributed by atoms with Crippen molar-refractivity contribution in [1.29, 1.82) is 0 Å². The second kappa shape index (κ2) is 8.75. The molecule has 1 aromatic heterocycles. The van der Waals surface area contributed by atoms with E-state index in [0.29, 0.717) is 0 Å². The molecule has 1 N–H and O–H groups in total. The van der Waals surface area contributed by atoms with Gasteiger partial charge in [-0.25, -0.2) is 17.2 Å². The minimum atomic E-state index is -3.65. The number of carbonyl (C=O) groups is 1. The Morgan fingerprint density at radius 1 is 1.23 bits per heavy atom. The summed E-state index contributed by atoms with van der Waals surface area (Å²) in [5.41, 5.74) is 0. The van der Waals surface area contributed by atoms with Crippen molar-refractivity contribution in [1.82, 2.24) is 19.5 Å². The Balaban J connectivity index is 0.00000169. The minimum Gasteiger partial charge on any atom is -0.339 e. The van der Waals surface area contributed by atoms with Crippen molar-refractivity contribution in [3.8, 4) is 0 Å². The third-order valence-corrected chi connectivity index (χ3v) is 6.11. The number of halogens is 4. The summed E-state index contributed by atoms with van der Waals surface area (Å²) >= 11 is 0. The molecule has 26 heavy (non-hydrogen) atoms. The minimum absolute atomic E-state index is 0. The van der Waals surface area contributed by atoms with Crippen LogP contribution in [-0.2, 0) is 14.8 Å². The molecular formula is C14H20Cl2F2N4O3S. The summed E-state index contributed by atoms with van der Waals surface area (Å²) < 4.78 is 52.6. The van der Waals surface area contributed by atoms with Crippen LogP contribution in [0.3, 0.4) is 0 Å². The van der Waals surface area contributed by atoms with Gasteiger partial charge in [0.25, 0.3) is 5.92 Å². The van der Waals surface area contributed by atoms with Gasteiger partial charge in [0.1, 0.15) is 4.90 Å². The van der Waals surface area contributed by atoms with E-state index in [1.807, 2.05) is 0 Å². The number of alkyl halides is 2. The maximum Gasteiger partial charge on any atom is 0.262 e. The van der Waals surface area contributed by atoms with Gasteiger partial charge < -0.3 is 4.90 Å². The van der Waals surface area contributed by atoms with Crippen LogP contribution in [0.1, 0.15) is 6.42 Å². The molecule has 1 amide bonds. The Kier molecular flexibility index (Phi) is 7.73. The van der Waals surface area contributed by atoms with Crippen molar-refractivity contribution in [2.45, 2.75) is 23.3 Å². The number of nitrogens with zero attached hydrogens (tertiary/aromatic N) is 3. The molecule has 3 rings (SSSR count). The van der Waals surface area contributed by atoms with E-state index in [1.54, 1.807) is 6.07 Å². The summed E-state index contributed by atoms with van der Waals surface area (Å²) in [7, 11) is -3.65. The van der Waals surface area contributed by atoms with Crippen LogP contribution in [-0.4, -0.2) is 73.2 Å². The van der Waals surface area contributed by atoms with Crippen molar-refractivity contribution in [3.05, 3.63) is 24.5 Å². The fraction of sp³-hybridized carbons (Fsp3) is 0.571. The summed E-state index contributed by atoms with van der Waals surface area (Å²) in [4.78, 5) is 17.6. The highest BCUT2D eigenvalue weighted by molar-refractivity contribution is 7.89. The number of carbonyl (C=O) groups excluding carboxylic acids is 1. The predicted octanol–water partition coefficient (Wildman–Crippen LogP) is 0.755. The first-order valence-corrected chi connectivity index (χ1v) is 9.04. The molecule has 0 aromatic carbocycles. The second-order valence-electron chi connectivity index (χ2n) is 5.91. The summed E-state index contributed by atoms with van der Waals surface area (Å²) in [6.45, 7) is 0.126. The van der Waals surface area contributed by atoms with Crippen LogP contribution in [0, 0.1) is 0 Å². The summed E-state index contributed by atoms with van der Waals surface area (Å²) in [6.07, 6.45) is 2.25. The van der Waals surface area contributed by atoms with Gasteiger partial charge in [-0.05, 0) is 12.1 Å². The lowest BCUT2D eigenvalue weighted by Gasteiger charge is -2.35. The number of piperazine rings is 1. The molecule has 2 aliphatic rings. The Morgan fingerprint density at radius 3 is 2.38 bits per heavy atom. The molecule has 7 nitrogen and oxygen atoms in total. The van der Waals surface area contributed by atoms with Crippen molar-refractivity contribution < 1.29 is 22.0 Å². The molecule has 148 valence electrons. The maximum absolute atomic E-state index is 13.2. The highest BCUT2D eigenvalue weighted by atomic mass is 35.5. The van der Waals surface area contributed by atoms with Gasteiger partial charge in [-0.2, -0.15) is 4.31 Å². The number of hydrogen-bond acceptors (Lipinski definition) is 5. The van der Waals surface area contributed by atoms with Gasteiger partial charge in [-0.1, -0.05) is 0 Å². The Labute approximate surface area is 163 Å². The van der Waals surface area contributed by atoms with Crippen molar-refractivity contribution in [2.75, 3.05) is 32.7 Å². The lowest BCUT2D eigenvalue weighted by Crippen LogP contribution is -2.54. The van der Waals surface area contributed by atoms with Gasteiger partial charge in [0, 0.05) is 45.0 Å². The van der Waals surface area contributed by atoms with E-state index in [9.17, 15) is 22.0 Å². The molecule has 0 spiro atoms. The van der Waals surface area contributed by atoms with Gasteiger partial charge in [-0.3, -0.25) is 15.1 Å². The van der Waals surface area contributed by atoms with E-state index in [-0.39, 0.29) is 55.9 Å².